The van der Waals surface area contributed by atoms with Gasteiger partial charge in [-0.25, -0.2) is 73.6 Å². The van der Waals surface area contributed by atoms with Crippen molar-refractivity contribution in [1.29, 1.82) is 0 Å². The summed E-state index contributed by atoms with van der Waals surface area (Å²) in [6.07, 6.45) is 3.24. The number of imidazole rings is 3. The highest BCUT2D eigenvalue weighted by molar-refractivity contribution is 6.32. The lowest BCUT2D eigenvalue weighted by Gasteiger charge is -2.21. The fraction of sp³-hybridized carbons (Fsp3) is 0.314. The third-order valence-corrected chi connectivity index (χ3v) is 22.3. The Kier molecular flexibility index (Phi) is 28.1. The first-order valence-corrected chi connectivity index (χ1v) is 41.6. The van der Waals surface area contributed by atoms with Crippen LogP contribution in [0.3, 0.4) is 0 Å². The number of carboxylic acids is 3. The topological polar surface area (TPSA) is 477 Å². The first-order chi connectivity index (χ1) is 62.3. The molecule has 18 rings (SSSR count). The van der Waals surface area contributed by atoms with Gasteiger partial charge in [0.2, 0.25) is 0 Å². The number of ether oxygens (including phenoxy) is 12. The number of urea groups is 3. The van der Waals surface area contributed by atoms with Crippen LogP contribution >= 0.6 is 34.8 Å². The maximum atomic E-state index is 12.2. The molecular formula is C86H83Cl3N18O21. The molecule has 0 bridgehead atoms. The summed E-state index contributed by atoms with van der Waals surface area (Å²) in [6, 6.07) is 41.6. The quantitative estimate of drug-likeness (QED) is 0.0220. The number of nitrogens with zero attached hydrogens (tertiary/aromatic N) is 12. The van der Waals surface area contributed by atoms with Crippen LogP contribution in [0.15, 0.2) is 190 Å². The van der Waals surface area contributed by atoms with Gasteiger partial charge >= 0.3 is 36.0 Å². The average Bonchev–Trinajstić information content (AvgIpc) is 1.60. The number of hydrogen-bond donors (Lipinski definition) is 9. The highest BCUT2D eigenvalue weighted by Gasteiger charge is 2.57. The van der Waals surface area contributed by atoms with E-state index in [0.717, 1.165) is 16.7 Å². The molecule has 6 aromatic heterocycles. The van der Waals surface area contributed by atoms with Crippen LogP contribution in [0.1, 0.15) is 116 Å². The Morgan fingerprint density at radius 2 is 0.695 bits per heavy atom. The summed E-state index contributed by atoms with van der Waals surface area (Å²) in [4.78, 5) is 111. The fourth-order valence-corrected chi connectivity index (χ4v) is 16.0. The molecule has 9 N–H and O–H groups in total. The summed E-state index contributed by atoms with van der Waals surface area (Å²) in [5, 5.41) is 45.6. The second-order valence-electron chi connectivity index (χ2n) is 29.3. The van der Waals surface area contributed by atoms with E-state index in [2.05, 4.69) is 76.8 Å². The Balaban J connectivity index is 0.000000141. The molecule has 6 saturated heterocycles. The average molecular weight is 1810 g/mol. The minimum absolute atomic E-state index is 0.0394. The summed E-state index contributed by atoms with van der Waals surface area (Å²) in [7, 11) is 0. The number of aromatic nitrogens is 12. The molecule has 12 unspecified atom stereocenters. The van der Waals surface area contributed by atoms with Gasteiger partial charge in [-0.1, -0.05) is 150 Å². The van der Waals surface area contributed by atoms with E-state index in [4.69, 9.17) is 91.6 Å². The van der Waals surface area contributed by atoms with Gasteiger partial charge in [0, 0.05) is 62.5 Å². The minimum Gasteiger partial charge on any atom is -0.478 e. The molecular weight excluding hydrogens is 1730 g/mol. The molecule has 12 aromatic rings. The van der Waals surface area contributed by atoms with Crippen molar-refractivity contribution in [3.05, 3.63) is 255 Å². The van der Waals surface area contributed by atoms with Gasteiger partial charge in [0.25, 0.3) is 0 Å². The number of carbonyl (C=O) groups is 6. The molecule has 0 saturated carbocycles. The van der Waals surface area contributed by atoms with Gasteiger partial charge < -0.3 is 88.1 Å². The molecule has 42 heteroatoms. The van der Waals surface area contributed by atoms with Crippen molar-refractivity contribution in [2.75, 3.05) is 55.4 Å². The first-order valence-electron chi connectivity index (χ1n) is 40.5. The normalized spacial score (nSPS) is 23.0. The molecule has 128 heavy (non-hydrogen) atoms. The van der Waals surface area contributed by atoms with Gasteiger partial charge in [0.1, 0.15) is 73.9 Å². The number of carbonyl (C=O) groups excluding carboxylic acids is 3. The lowest BCUT2D eigenvalue weighted by Crippen LogP contribution is -2.32. The van der Waals surface area contributed by atoms with E-state index in [1.807, 2.05) is 124 Å². The number of amides is 6. The third-order valence-electron chi connectivity index (χ3n) is 21.2. The largest absolute Gasteiger partial charge is 0.478 e. The van der Waals surface area contributed by atoms with Crippen LogP contribution in [0, 0.1) is 0 Å². The van der Waals surface area contributed by atoms with E-state index < -0.39 is 128 Å². The molecule has 0 aliphatic carbocycles. The summed E-state index contributed by atoms with van der Waals surface area (Å²) >= 11 is 18.9. The van der Waals surface area contributed by atoms with Crippen molar-refractivity contribution < 1.29 is 101 Å². The number of fused-ring (bicyclic) bond motifs is 6. The van der Waals surface area contributed by atoms with Crippen molar-refractivity contribution in [1.82, 2.24) is 74.5 Å². The lowest BCUT2D eigenvalue weighted by atomic mass is 10.1. The number of anilines is 3. The number of aromatic carboxylic acids is 3. The van der Waals surface area contributed by atoms with Crippen LogP contribution in [-0.4, -0.2) is 211 Å². The molecule has 12 heterocycles. The van der Waals surface area contributed by atoms with Gasteiger partial charge in [-0.2, -0.15) is 0 Å². The minimum atomic E-state index is -1.10. The Morgan fingerprint density at radius 1 is 0.383 bits per heavy atom. The van der Waals surface area contributed by atoms with Crippen molar-refractivity contribution >= 4 is 128 Å². The second-order valence-corrected chi connectivity index (χ2v) is 30.5. The Labute approximate surface area is 742 Å². The maximum Gasteiger partial charge on any atom is 0.336 e. The number of nitrogens with one attached hydrogen (secondary N) is 6. The number of hydrogen-bond acceptors (Lipinski definition) is 27. The smallest absolute Gasteiger partial charge is 0.336 e. The Bertz CT molecular complexity index is 5790. The SMILES string of the molecule is CCNC(=O)Nc1ncnc2c1ncn2C1OC(COCc2c(Cl)cccc2C(=O)O)C2O[C@@H](c3ccccc3)OC21.CCNC(=O)Nc1ncnc2c1ncn2C1OC(COCc2c(Cl)cccc2C(=O)O)C2O[C@H](/C=C/c3ccccc3)OC21.CCNC(=O)Nc1ncnc2c1ncn2C1OC(COCc2c(Cl)cccc2C(=O)O)C2O[C@H](c3ccccc3)OC21. The van der Waals surface area contributed by atoms with Crippen molar-refractivity contribution in [2.45, 2.75) is 133 Å². The molecule has 664 valence electrons. The summed E-state index contributed by atoms with van der Waals surface area (Å²) < 4.78 is 80.3. The number of benzene rings is 6. The van der Waals surface area contributed by atoms with Crippen LogP contribution in [0.4, 0.5) is 31.8 Å². The molecule has 39 nitrogen and oxygen atoms in total. The predicted octanol–water partition coefficient (Wildman–Crippen LogP) is 12.1. The van der Waals surface area contributed by atoms with Crippen LogP contribution in [0.5, 0.6) is 0 Å². The molecule has 0 spiro atoms. The Hall–Kier alpha value is -12.7. The van der Waals surface area contributed by atoms with E-state index in [-0.39, 0.29) is 73.8 Å². The van der Waals surface area contributed by atoms with Crippen LogP contribution < -0.4 is 31.9 Å². The summed E-state index contributed by atoms with van der Waals surface area (Å²) in [6.45, 7) is 6.85. The third kappa shape index (κ3) is 19.6. The molecule has 6 fully saturated rings. The highest BCUT2D eigenvalue weighted by Crippen LogP contribution is 2.48. The van der Waals surface area contributed by atoms with Crippen molar-refractivity contribution in [2.24, 2.45) is 0 Å². The van der Waals surface area contributed by atoms with Crippen LogP contribution in [0.25, 0.3) is 39.6 Å². The van der Waals surface area contributed by atoms with Crippen molar-refractivity contribution in [3.8, 4) is 0 Å². The van der Waals surface area contributed by atoms with Crippen LogP contribution in [0.2, 0.25) is 15.1 Å². The lowest BCUT2D eigenvalue weighted by molar-refractivity contribution is -0.158. The van der Waals surface area contributed by atoms with E-state index >= 15 is 0 Å². The monoisotopic (exact) mass is 1810 g/mol. The Morgan fingerprint density at radius 3 is 1.03 bits per heavy atom. The summed E-state index contributed by atoms with van der Waals surface area (Å²) in [5.74, 6) is -2.55. The first kappa shape index (κ1) is 88.7. The van der Waals surface area contributed by atoms with Crippen molar-refractivity contribution in [3.63, 3.8) is 0 Å². The molecule has 6 aliphatic heterocycles. The highest BCUT2D eigenvalue weighted by atomic mass is 35.5. The molecule has 6 aromatic carbocycles. The molecule has 6 amide bonds. The van der Waals surface area contributed by atoms with Gasteiger partial charge in [0.15, 0.2) is 88.5 Å². The predicted molar refractivity (Wildman–Crippen MR) is 457 cm³/mol. The zero-order valence-corrected chi connectivity index (χ0v) is 70.5. The van der Waals surface area contributed by atoms with E-state index in [1.54, 1.807) is 69.1 Å². The zero-order chi connectivity index (χ0) is 89.1. The zero-order valence-electron chi connectivity index (χ0n) is 68.2. The number of rotatable bonds is 28. The fourth-order valence-electron chi connectivity index (χ4n) is 15.4. The van der Waals surface area contributed by atoms with E-state index in [1.165, 1.54) is 37.2 Å². The van der Waals surface area contributed by atoms with Gasteiger partial charge in [-0.05, 0) is 68.8 Å². The van der Waals surface area contributed by atoms with Gasteiger partial charge in [0.05, 0.1) is 75.3 Å². The number of carboxylic acid groups (broad SMARTS) is 3. The molecule has 6 aliphatic rings. The van der Waals surface area contributed by atoms with Gasteiger partial charge in [-0.3, -0.25) is 29.7 Å². The number of halogens is 3. The maximum absolute atomic E-state index is 12.2. The van der Waals surface area contributed by atoms with E-state index in [0.29, 0.717) is 84.9 Å². The molecule has 0 radical (unpaired) electrons. The van der Waals surface area contributed by atoms with Crippen LogP contribution in [-0.2, 0) is 76.7 Å². The van der Waals surface area contributed by atoms with E-state index in [9.17, 15) is 44.1 Å². The van der Waals surface area contributed by atoms with Gasteiger partial charge in [-0.15, -0.1) is 0 Å². The second kappa shape index (κ2) is 40.5. The standard InChI is InChI=1S/C30H29ClN6O7.2C28H27ClN6O7/c1-2-32-30(40)36-26-23-27(34-15-33-26)37(16-35-23)28-25-24(43-22(44-25)12-11-17-7-4-3-5-8-17)21(42-28)14-41-13-19-18(29(38)39)9-6-10-20(19)31;2*1-2-30-28(38)34-23-20-24(32-13-31-23)35(14-33-20)25-22-21(41-27(42-22)15-7-4-3-5-8-15)19(40-25)12-39-11-17-16(26(36)37)9-6-10-18(17)29/h3-12,15-16,21-22,24-25,28H,2,13-14H2,1H3,(H,38,39)(H2,32,33,34,36,40);2*3-10,13-14,19,21-22,25,27H,2,11-12H2,1H3,(H,36,37)(H2,30,31,32,34,38)/b12-11+;;/t21?,22-,24?,25?,28?;2*19?,21?,22?,25?,27-/m010/s1. The summed E-state index contributed by atoms with van der Waals surface area (Å²) in [5.41, 5.74) is 6.38. The molecule has 15 atom stereocenters.